The molecule has 0 saturated carbocycles. The lowest BCUT2D eigenvalue weighted by Gasteiger charge is -2.00. The molecule has 0 fully saturated rings. The van der Waals surface area contributed by atoms with Gasteiger partial charge in [-0.05, 0) is 18.6 Å². The summed E-state index contributed by atoms with van der Waals surface area (Å²) in [7, 11) is 0.0432. The van der Waals surface area contributed by atoms with E-state index in [9.17, 15) is 0 Å². The second-order valence-electron chi connectivity index (χ2n) is 1.59. The Morgan fingerprint density at radius 3 is 2.57 bits per heavy atom. The van der Waals surface area contributed by atoms with Gasteiger partial charge in [-0.25, -0.2) is 0 Å². The Bertz CT molecular complexity index is 126. The van der Waals surface area contributed by atoms with E-state index in [0.29, 0.717) is 0 Å². The van der Waals surface area contributed by atoms with Gasteiger partial charge in [-0.3, -0.25) is 4.99 Å². The van der Waals surface area contributed by atoms with Crippen molar-refractivity contribution in [2.24, 2.45) is 4.99 Å². The standard InChI is InChI=1S/C5H9NS/c1-5-6-3-4-7(5)2/h3-4,7H,1-2H3. The fourth-order valence-corrected chi connectivity index (χ4v) is 1.17. The first kappa shape index (κ1) is 4.91. The summed E-state index contributed by atoms with van der Waals surface area (Å²) in [4.78, 5) is 4.08. The van der Waals surface area contributed by atoms with E-state index in [1.807, 2.05) is 6.20 Å². The lowest BCUT2D eigenvalue weighted by Crippen LogP contribution is -1.81. The molecule has 0 saturated heterocycles. The van der Waals surface area contributed by atoms with Gasteiger partial charge < -0.3 is 0 Å². The predicted octanol–water partition coefficient (Wildman–Crippen LogP) is 1.52. The second kappa shape index (κ2) is 1.70. The average molecular weight is 115 g/mol. The highest BCUT2D eigenvalue weighted by molar-refractivity contribution is 8.32. The highest BCUT2D eigenvalue weighted by Gasteiger charge is 1.98. The van der Waals surface area contributed by atoms with Crippen molar-refractivity contribution < 1.29 is 0 Å². The SMILES string of the molecule is CC1=NC=C[SH]1C. The molecule has 0 aromatic rings. The van der Waals surface area contributed by atoms with Crippen molar-refractivity contribution in [2.75, 3.05) is 6.26 Å². The fraction of sp³-hybridized carbons (Fsp3) is 0.400. The Balaban J connectivity index is 2.69. The highest BCUT2D eigenvalue weighted by Crippen LogP contribution is 2.27. The van der Waals surface area contributed by atoms with Crippen LogP contribution in [0.2, 0.25) is 0 Å². The molecule has 0 bridgehead atoms. The van der Waals surface area contributed by atoms with Crippen LogP contribution in [0.3, 0.4) is 0 Å². The highest BCUT2D eigenvalue weighted by atomic mass is 32.2. The van der Waals surface area contributed by atoms with E-state index in [-0.39, 0.29) is 10.9 Å². The van der Waals surface area contributed by atoms with Crippen LogP contribution in [0, 0.1) is 0 Å². The normalized spacial score (nSPS) is 33.4. The minimum Gasteiger partial charge on any atom is -0.256 e. The second-order valence-corrected chi connectivity index (χ2v) is 3.75. The Hall–Kier alpha value is -0.240. The van der Waals surface area contributed by atoms with E-state index in [1.165, 1.54) is 5.04 Å². The van der Waals surface area contributed by atoms with Crippen LogP contribution in [0.25, 0.3) is 0 Å². The third-order valence-corrected chi connectivity index (χ3v) is 2.78. The summed E-state index contributed by atoms with van der Waals surface area (Å²) < 4.78 is 0. The molecule has 40 valence electrons. The van der Waals surface area contributed by atoms with Gasteiger partial charge in [0.1, 0.15) is 0 Å². The van der Waals surface area contributed by atoms with Crippen molar-refractivity contribution in [3.63, 3.8) is 0 Å². The lowest BCUT2D eigenvalue weighted by molar-refractivity contribution is 1.60. The first-order valence-corrected chi connectivity index (χ1v) is 4.10. The molecule has 1 nitrogen and oxygen atoms in total. The maximum absolute atomic E-state index is 4.08. The van der Waals surface area contributed by atoms with Crippen molar-refractivity contribution in [1.82, 2.24) is 0 Å². The first-order valence-electron chi connectivity index (χ1n) is 2.24. The number of aliphatic imine (C=N–C) groups is 1. The van der Waals surface area contributed by atoms with Gasteiger partial charge in [-0.1, -0.05) is 0 Å². The molecule has 1 aliphatic rings. The van der Waals surface area contributed by atoms with Crippen molar-refractivity contribution in [2.45, 2.75) is 6.92 Å². The van der Waals surface area contributed by atoms with E-state index in [0.717, 1.165) is 0 Å². The maximum atomic E-state index is 4.08. The van der Waals surface area contributed by atoms with Crippen LogP contribution >= 0.6 is 10.9 Å². The molecule has 1 unspecified atom stereocenters. The fourth-order valence-electron chi connectivity index (χ4n) is 0.440. The summed E-state index contributed by atoms with van der Waals surface area (Å²) in [6.45, 7) is 2.08. The van der Waals surface area contributed by atoms with E-state index in [2.05, 4.69) is 23.6 Å². The predicted molar refractivity (Wildman–Crippen MR) is 37.2 cm³/mol. The Kier molecular flexibility index (Phi) is 1.19. The minimum atomic E-state index is 0.0432. The number of thiol groups is 1. The van der Waals surface area contributed by atoms with E-state index >= 15 is 0 Å². The van der Waals surface area contributed by atoms with Crippen LogP contribution in [-0.4, -0.2) is 11.3 Å². The van der Waals surface area contributed by atoms with E-state index < -0.39 is 0 Å². The van der Waals surface area contributed by atoms with Crippen LogP contribution < -0.4 is 0 Å². The van der Waals surface area contributed by atoms with Gasteiger partial charge in [0.25, 0.3) is 0 Å². The summed E-state index contributed by atoms with van der Waals surface area (Å²) in [6.07, 6.45) is 4.10. The van der Waals surface area contributed by atoms with E-state index in [4.69, 9.17) is 0 Å². The molecule has 0 aromatic heterocycles. The zero-order valence-electron chi connectivity index (χ0n) is 4.55. The average Bonchev–Trinajstić information content (AvgIpc) is 1.91. The van der Waals surface area contributed by atoms with Crippen molar-refractivity contribution in [3.05, 3.63) is 11.6 Å². The Morgan fingerprint density at radius 2 is 2.43 bits per heavy atom. The van der Waals surface area contributed by atoms with Crippen LogP contribution in [0.15, 0.2) is 16.6 Å². The van der Waals surface area contributed by atoms with E-state index in [1.54, 1.807) is 0 Å². The van der Waals surface area contributed by atoms with Crippen molar-refractivity contribution >= 4 is 15.9 Å². The van der Waals surface area contributed by atoms with Gasteiger partial charge in [0.15, 0.2) is 0 Å². The molecule has 1 aliphatic heterocycles. The zero-order chi connectivity index (χ0) is 5.28. The van der Waals surface area contributed by atoms with Crippen molar-refractivity contribution in [1.29, 1.82) is 0 Å². The number of nitrogens with zero attached hydrogens (tertiary/aromatic N) is 1. The van der Waals surface area contributed by atoms with Gasteiger partial charge in [0.05, 0.1) is 5.04 Å². The molecule has 0 aromatic carbocycles. The molecular formula is C5H9NS. The summed E-state index contributed by atoms with van der Waals surface area (Å²) >= 11 is 0. The smallest absolute Gasteiger partial charge is 0.0538 e. The van der Waals surface area contributed by atoms with Gasteiger partial charge in [0.2, 0.25) is 0 Å². The summed E-state index contributed by atoms with van der Waals surface area (Å²) in [5.41, 5.74) is 0. The monoisotopic (exact) mass is 115 g/mol. The third kappa shape index (κ3) is 0.855. The van der Waals surface area contributed by atoms with Gasteiger partial charge in [-0.2, -0.15) is 10.9 Å². The molecule has 0 aliphatic carbocycles. The van der Waals surface area contributed by atoms with Crippen LogP contribution in [0.1, 0.15) is 6.92 Å². The molecule has 0 amide bonds. The zero-order valence-corrected chi connectivity index (χ0v) is 5.44. The Morgan fingerprint density at radius 1 is 1.71 bits per heavy atom. The topological polar surface area (TPSA) is 12.4 Å². The largest absolute Gasteiger partial charge is 0.256 e. The first-order chi connectivity index (χ1) is 3.30. The summed E-state index contributed by atoms with van der Waals surface area (Å²) in [6, 6.07) is 0. The molecule has 0 N–H and O–H groups in total. The third-order valence-electron chi connectivity index (χ3n) is 1.06. The number of rotatable bonds is 0. The Labute approximate surface area is 46.5 Å². The summed E-state index contributed by atoms with van der Waals surface area (Å²) in [5, 5.41) is 3.44. The number of hydrogen-bond donors (Lipinski definition) is 1. The van der Waals surface area contributed by atoms with Crippen molar-refractivity contribution in [3.8, 4) is 0 Å². The minimum absolute atomic E-state index is 0.0432. The quantitative estimate of drug-likeness (QED) is 0.459. The molecule has 0 radical (unpaired) electrons. The molecule has 1 heterocycles. The summed E-state index contributed by atoms with van der Waals surface area (Å²) in [5.74, 6) is 0. The van der Waals surface area contributed by atoms with Crippen LogP contribution in [0.5, 0.6) is 0 Å². The molecule has 2 heteroatoms. The maximum Gasteiger partial charge on any atom is 0.0538 e. The van der Waals surface area contributed by atoms with Gasteiger partial charge in [0, 0.05) is 6.20 Å². The number of hydrogen-bond acceptors (Lipinski definition) is 1. The molecule has 0 spiro atoms. The molecule has 1 atom stereocenters. The van der Waals surface area contributed by atoms with Crippen LogP contribution in [0.4, 0.5) is 0 Å². The van der Waals surface area contributed by atoms with Gasteiger partial charge >= 0.3 is 0 Å². The molecular weight excluding hydrogens is 106 g/mol. The molecule has 1 rings (SSSR count). The lowest BCUT2D eigenvalue weighted by atomic mass is 10.8. The van der Waals surface area contributed by atoms with Gasteiger partial charge in [-0.15, -0.1) is 0 Å². The molecule has 7 heavy (non-hydrogen) atoms. The van der Waals surface area contributed by atoms with Crippen LogP contribution in [-0.2, 0) is 0 Å².